The summed E-state index contributed by atoms with van der Waals surface area (Å²) in [4.78, 5) is 38.6. The standard InChI is InChI=1S/C17H15N5O4S/c1-21-14-8-3-2-7-13(14)18-17(21)27-10-15(23)19-20-16(24)11-5-4-6-12(9-11)22(25)26/h2-9H,10H2,1H3,(H,19,23)(H,20,24). The van der Waals surface area contributed by atoms with Crippen molar-refractivity contribution < 1.29 is 14.5 Å². The third kappa shape index (κ3) is 4.23. The Morgan fingerprint density at radius 2 is 1.96 bits per heavy atom. The minimum absolute atomic E-state index is 0.0480. The van der Waals surface area contributed by atoms with Crippen molar-refractivity contribution in [1.82, 2.24) is 20.4 Å². The zero-order valence-electron chi connectivity index (χ0n) is 14.2. The summed E-state index contributed by atoms with van der Waals surface area (Å²) >= 11 is 1.23. The zero-order chi connectivity index (χ0) is 19.4. The summed E-state index contributed by atoms with van der Waals surface area (Å²) in [6, 6.07) is 12.9. The number of aryl methyl sites for hydroxylation is 1. The van der Waals surface area contributed by atoms with E-state index < -0.39 is 16.7 Å². The average Bonchev–Trinajstić information content (AvgIpc) is 3.00. The van der Waals surface area contributed by atoms with E-state index >= 15 is 0 Å². The topological polar surface area (TPSA) is 119 Å². The van der Waals surface area contributed by atoms with Gasteiger partial charge in [0.15, 0.2) is 5.16 Å². The first-order valence-electron chi connectivity index (χ1n) is 7.83. The third-order valence-electron chi connectivity index (χ3n) is 3.71. The molecule has 2 amide bonds. The van der Waals surface area contributed by atoms with Gasteiger partial charge in [-0.15, -0.1) is 0 Å². The normalized spacial score (nSPS) is 10.6. The summed E-state index contributed by atoms with van der Waals surface area (Å²) < 4.78 is 1.88. The summed E-state index contributed by atoms with van der Waals surface area (Å²) in [5, 5.41) is 11.4. The molecule has 0 aliphatic carbocycles. The molecule has 1 heterocycles. The number of hydrazine groups is 1. The highest BCUT2D eigenvalue weighted by molar-refractivity contribution is 7.99. The maximum absolute atomic E-state index is 12.0. The van der Waals surface area contributed by atoms with Crippen molar-refractivity contribution in [2.75, 3.05) is 5.75 Å². The van der Waals surface area contributed by atoms with Crippen molar-refractivity contribution in [1.29, 1.82) is 0 Å². The average molecular weight is 385 g/mol. The molecule has 0 aliphatic rings. The van der Waals surface area contributed by atoms with Gasteiger partial charge in [0, 0.05) is 24.7 Å². The molecule has 2 aromatic carbocycles. The Hall–Kier alpha value is -3.40. The van der Waals surface area contributed by atoms with Gasteiger partial charge in [-0.25, -0.2) is 4.98 Å². The Labute approximate surface area is 157 Å². The summed E-state index contributed by atoms with van der Waals surface area (Å²) in [6.45, 7) is 0. The molecule has 1 aromatic heterocycles. The fraction of sp³-hybridized carbons (Fsp3) is 0.118. The van der Waals surface area contributed by atoms with E-state index in [0.29, 0.717) is 5.16 Å². The van der Waals surface area contributed by atoms with E-state index in [1.807, 2.05) is 35.9 Å². The van der Waals surface area contributed by atoms with Crippen LogP contribution in [0.25, 0.3) is 11.0 Å². The van der Waals surface area contributed by atoms with Crippen LogP contribution in [0.1, 0.15) is 10.4 Å². The van der Waals surface area contributed by atoms with Crippen molar-refractivity contribution >= 4 is 40.3 Å². The van der Waals surface area contributed by atoms with Crippen LogP contribution in [0.5, 0.6) is 0 Å². The number of carbonyl (C=O) groups excluding carboxylic acids is 2. The maximum Gasteiger partial charge on any atom is 0.270 e. The molecule has 0 bridgehead atoms. The Bertz CT molecular complexity index is 1030. The number of non-ortho nitro benzene ring substituents is 1. The van der Waals surface area contributed by atoms with Crippen LogP contribution >= 0.6 is 11.8 Å². The zero-order valence-corrected chi connectivity index (χ0v) is 15.0. The molecule has 0 aliphatic heterocycles. The lowest BCUT2D eigenvalue weighted by atomic mass is 10.2. The second-order valence-corrected chi connectivity index (χ2v) is 6.48. The number of nitrogens with zero attached hydrogens (tertiary/aromatic N) is 3. The van der Waals surface area contributed by atoms with Gasteiger partial charge in [-0.3, -0.25) is 30.6 Å². The molecule has 2 N–H and O–H groups in total. The van der Waals surface area contributed by atoms with Gasteiger partial charge in [0.2, 0.25) is 5.91 Å². The fourth-order valence-corrected chi connectivity index (χ4v) is 3.17. The van der Waals surface area contributed by atoms with Crippen molar-refractivity contribution in [3.8, 4) is 0 Å². The number of thioether (sulfide) groups is 1. The molecule has 0 spiro atoms. The smallest absolute Gasteiger partial charge is 0.270 e. The molecule has 138 valence electrons. The Morgan fingerprint density at radius 3 is 2.70 bits per heavy atom. The summed E-state index contributed by atoms with van der Waals surface area (Å²) in [7, 11) is 1.86. The van der Waals surface area contributed by atoms with Crippen LogP contribution < -0.4 is 10.9 Å². The Balaban J connectivity index is 1.55. The second-order valence-electron chi connectivity index (χ2n) is 5.54. The van der Waals surface area contributed by atoms with E-state index in [2.05, 4.69) is 15.8 Å². The molecule has 10 heteroatoms. The first-order valence-corrected chi connectivity index (χ1v) is 8.82. The van der Waals surface area contributed by atoms with Gasteiger partial charge in [-0.05, 0) is 18.2 Å². The predicted octanol–water partition coefficient (Wildman–Crippen LogP) is 2.03. The molecular formula is C17H15N5O4S. The van der Waals surface area contributed by atoms with Crippen LogP contribution in [-0.2, 0) is 11.8 Å². The first-order chi connectivity index (χ1) is 13.0. The van der Waals surface area contributed by atoms with E-state index in [4.69, 9.17) is 0 Å². The number of aromatic nitrogens is 2. The Kier molecular flexibility index (Phi) is 5.36. The third-order valence-corrected chi connectivity index (χ3v) is 4.74. The molecule has 0 fully saturated rings. The number of carbonyl (C=O) groups is 2. The van der Waals surface area contributed by atoms with Crippen LogP contribution in [0.4, 0.5) is 5.69 Å². The van der Waals surface area contributed by atoms with Crippen LogP contribution in [0.2, 0.25) is 0 Å². The van der Waals surface area contributed by atoms with Gasteiger partial charge in [-0.1, -0.05) is 30.0 Å². The van der Waals surface area contributed by atoms with Crippen LogP contribution in [0.3, 0.4) is 0 Å². The van der Waals surface area contributed by atoms with Crippen LogP contribution in [-0.4, -0.2) is 32.0 Å². The molecule has 0 radical (unpaired) electrons. The summed E-state index contributed by atoms with van der Waals surface area (Å²) in [5.74, 6) is -1.02. The largest absolute Gasteiger partial charge is 0.322 e. The van der Waals surface area contributed by atoms with E-state index in [-0.39, 0.29) is 17.0 Å². The lowest BCUT2D eigenvalue weighted by Crippen LogP contribution is -2.42. The number of rotatable bonds is 5. The maximum atomic E-state index is 12.0. The number of nitro benzene ring substituents is 1. The quantitative estimate of drug-likeness (QED) is 0.394. The van der Waals surface area contributed by atoms with Gasteiger partial charge in [-0.2, -0.15) is 0 Å². The number of fused-ring (bicyclic) bond motifs is 1. The van der Waals surface area contributed by atoms with E-state index in [1.54, 1.807) is 0 Å². The fourth-order valence-electron chi connectivity index (χ4n) is 2.38. The van der Waals surface area contributed by atoms with Crippen molar-refractivity contribution in [3.63, 3.8) is 0 Å². The molecule has 0 atom stereocenters. The molecule has 0 unspecified atom stereocenters. The van der Waals surface area contributed by atoms with Gasteiger partial charge in [0.1, 0.15) is 0 Å². The van der Waals surface area contributed by atoms with E-state index in [0.717, 1.165) is 17.1 Å². The van der Waals surface area contributed by atoms with Gasteiger partial charge in [0.05, 0.1) is 21.7 Å². The molecule has 0 saturated carbocycles. The highest BCUT2D eigenvalue weighted by atomic mass is 32.2. The number of nitro groups is 1. The number of hydrogen-bond donors (Lipinski definition) is 2. The molecule has 9 nitrogen and oxygen atoms in total. The van der Waals surface area contributed by atoms with Crippen molar-refractivity contribution in [2.24, 2.45) is 7.05 Å². The number of nitrogens with one attached hydrogen (secondary N) is 2. The highest BCUT2D eigenvalue weighted by Gasteiger charge is 2.13. The molecule has 3 rings (SSSR count). The second kappa shape index (κ2) is 7.87. The SMILES string of the molecule is Cn1c(SCC(=O)NNC(=O)c2cccc([N+](=O)[O-])c2)nc2ccccc21. The van der Waals surface area contributed by atoms with Gasteiger partial charge >= 0.3 is 0 Å². The summed E-state index contributed by atoms with van der Waals surface area (Å²) in [5.41, 5.74) is 6.19. The number of benzene rings is 2. The van der Waals surface area contributed by atoms with E-state index in [1.165, 1.54) is 30.0 Å². The van der Waals surface area contributed by atoms with Crippen molar-refractivity contribution in [3.05, 3.63) is 64.2 Å². The minimum Gasteiger partial charge on any atom is -0.322 e. The lowest BCUT2D eigenvalue weighted by Gasteiger charge is -2.07. The number of imidazole rings is 1. The number of amides is 2. The minimum atomic E-state index is -0.639. The van der Waals surface area contributed by atoms with Crippen LogP contribution in [0, 0.1) is 10.1 Å². The highest BCUT2D eigenvalue weighted by Crippen LogP contribution is 2.22. The molecule has 27 heavy (non-hydrogen) atoms. The number of para-hydroxylation sites is 2. The van der Waals surface area contributed by atoms with Gasteiger partial charge < -0.3 is 4.57 Å². The first kappa shape index (κ1) is 18.4. The molecular weight excluding hydrogens is 370 g/mol. The van der Waals surface area contributed by atoms with Crippen molar-refractivity contribution in [2.45, 2.75) is 5.16 Å². The summed E-state index contributed by atoms with van der Waals surface area (Å²) in [6.07, 6.45) is 0. The molecule has 3 aromatic rings. The number of hydrogen-bond acceptors (Lipinski definition) is 6. The van der Waals surface area contributed by atoms with Crippen LogP contribution in [0.15, 0.2) is 53.7 Å². The monoisotopic (exact) mass is 385 g/mol. The predicted molar refractivity (Wildman–Crippen MR) is 100 cm³/mol. The molecule has 0 saturated heterocycles. The lowest BCUT2D eigenvalue weighted by molar-refractivity contribution is -0.384. The Morgan fingerprint density at radius 1 is 1.19 bits per heavy atom. The van der Waals surface area contributed by atoms with Gasteiger partial charge in [0.25, 0.3) is 11.6 Å². The van der Waals surface area contributed by atoms with E-state index in [9.17, 15) is 19.7 Å².